The average molecular weight is 294 g/mol. The second kappa shape index (κ2) is 5.88. The molecule has 0 saturated heterocycles. The Morgan fingerprint density at radius 3 is 2.33 bits per heavy atom. The van der Waals surface area contributed by atoms with Gasteiger partial charge in [0.05, 0.1) is 0 Å². The van der Waals surface area contributed by atoms with E-state index in [1.807, 2.05) is 11.8 Å². The zero-order valence-electron chi connectivity index (χ0n) is 12.4. The van der Waals surface area contributed by atoms with Gasteiger partial charge in [0.15, 0.2) is 0 Å². The molecule has 0 radical (unpaired) electrons. The highest BCUT2D eigenvalue weighted by Crippen LogP contribution is 2.46. The lowest BCUT2D eigenvalue weighted by atomic mass is 9.74. The van der Waals surface area contributed by atoms with Crippen molar-refractivity contribution < 1.29 is 0 Å². The Bertz CT molecular complexity index is 625. The van der Waals surface area contributed by atoms with Crippen LogP contribution in [0.1, 0.15) is 49.1 Å². The van der Waals surface area contributed by atoms with Crippen LogP contribution in [0.15, 0.2) is 58.3 Å². The van der Waals surface area contributed by atoms with Crippen molar-refractivity contribution in [3.05, 3.63) is 59.7 Å². The third kappa shape index (κ3) is 2.64. The van der Waals surface area contributed by atoms with Crippen LogP contribution >= 0.6 is 11.8 Å². The molecule has 1 aliphatic heterocycles. The van der Waals surface area contributed by atoms with Crippen molar-refractivity contribution in [3.8, 4) is 0 Å². The van der Waals surface area contributed by atoms with Crippen molar-refractivity contribution in [1.82, 2.24) is 0 Å². The molecule has 0 bridgehead atoms. The van der Waals surface area contributed by atoms with Crippen LogP contribution in [0.3, 0.4) is 0 Å². The van der Waals surface area contributed by atoms with Crippen molar-refractivity contribution in [2.24, 2.45) is 5.92 Å². The third-order valence-electron chi connectivity index (χ3n) is 5.17. The van der Waals surface area contributed by atoms with Gasteiger partial charge in [-0.15, -0.1) is 0 Å². The zero-order chi connectivity index (χ0) is 14.1. The molecule has 4 rings (SSSR count). The highest BCUT2D eigenvalue weighted by molar-refractivity contribution is 7.99. The molecule has 21 heavy (non-hydrogen) atoms. The first-order valence-corrected chi connectivity index (χ1v) is 9.08. The summed E-state index contributed by atoms with van der Waals surface area (Å²) in [6.07, 6.45) is 8.37. The van der Waals surface area contributed by atoms with E-state index in [4.69, 9.17) is 0 Å². The van der Waals surface area contributed by atoms with E-state index in [1.165, 1.54) is 48.3 Å². The predicted octanol–water partition coefficient (Wildman–Crippen LogP) is 6.06. The number of hydrogen-bond acceptors (Lipinski definition) is 1. The molecule has 1 saturated carbocycles. The highest BCUT2D eigenvalue weighted by Gasteiger charge is 2.29. The van der Waals surface area contributed by atoms with Crippen molar-refractivity contribution in [2.45, 2.75) is 54.2 Å². The first-order chi connectivity index (χ1) is 10.4. The maximum atomic E-state index is 2.38. The molecule has 1 heterocycles. The van der Waals surface area contributed by atoms with Gasteiger partial charge in [-0.3, -0.25) is 0 Å². The molecule has 1 unspecified atom stereocenters. The lowest BCUT2D eigenvalue weighted by molar-refractivity contribution is 0.300. The van der Waals surface area contributed by atoms with Gasteiger partial charge in [-0.2, -0.15) is 0 Å². The average Bonchev–Trinajstić information content (AvgIpc) is 2.72. The minimum Gasteiger partial charge on any atom is -0.0895 e. The van der Waals surface area contributed by atoms with Crippen molar-refractivity contribution in [2.75, 3.05) is 0 Å². The van der Waals surface area contributed by atoms with Gasteiger partial charge in [-0.1, -0.05) is 67.4 Å². The summed E-state index contributed by atoms with van der Waals surface area (Å²) in [4.78, 5) is 2.95. The van der Waals surface area contributed by atoms with Crippen LogP contribution in [0, 0.1) is 5.92 Å². The van der Waals surface area contributed by atoms with E-state index in [1.54, 1.807) is 11.1 Å². The molecule has 1 atom stereocenters. The van der Waals surface area contributed by atoms with Gasteiger partial charge in [0.1, 0.15) is 0 Å². The van der Waals surface area contributed by atoms with Crippen molar-refractivity contribution in [1.29, 1.82) is 0 Å². The highest BCUT2D eigenvalue weighted by atomic mass is 32.2. The topological polar surface area (TPSA) is 0 Å². The van der Waals surface area contributed by atoms with E-state index in [2.05, 4.69) is 48.5 Å². The monoisotopic (exact) mass is 294 g/mol. The van der Waals surface area contributed by atoms with Crippen LogP contribution in [0.4, 0.5) is 0 Å². The summed E-state index contributed by atoms with van der Waals surface area (Å²) < 4.78 is 0. The molecule has 0 amide bonds. The number of fused-ring (bicyclic) bond motifs is 2. The fourth-order valence-corrected chi connectivity index (χ4v) is 5.22. The molecule has 0 N–H and O–H groups in total. The predicted molar refractivity (Wildman–Crippen MR) is 90.0 cm³/mol. The first kappa shape index (κ1) is 13.5. The van der Waals surface area contributed by atoms with E-state index >= 15 is 0 Å². The number of benzene rings is 2. The summed E-state index contributed by atoms with van der Waals surface area (Å²) in [5, 5.41) is 0. The lowest BCUT2D eigenvalue weighted by Crippen LogP contribution is -2.18. The maximum absolute atomic E-state index is 2.38. The Kier molecular flexibility index (Phi) is 3.77. The zero-order valence-corrected chi connectivity index (χ0v) is 13.2. The maximum Gasteiger partial charge on any atom is 0.0157 e. The second-order valence-corrected chi connectivity index (χ2v) is 7.54. The fourth-order valence-electron chi connectivity index (χ4n) is 4.07. The minimum atomic E-state index is 0.720. The standard InChI is InChI=1S/C20H22S/c1-2-8-15(9-3-1)18-14-16-10-4-6-12-19(16)21-20-13-7-5-11-17(18)20/h4-7,10-13,15,18H,1-3,8-9,14H2. The molecule has 0 aromatic heterocycles. The molecule has 2 aromatic rings. The van der Waals surface area contributed by atoms with Gasteiger partial charge in [0, 0.05) is 9.79 Å². The summed E-state index contributed by atoms with van der Waals surface area (Å²) in [6, 6.07) is 18.1. The Balaban J connectivity index is 1.78. The van der Waals surface area contributed by atoms with Crippen LogP contribution in [0.2, 0.25) is 0 Å². The van der Waals surface area contributed by atoms with E-state index in [0.29, 0.717) is 0 Å². The second-order valence-electron chi connectivity index (χ2n) is 6.46. The van der Waals surface area contributed by atoms with Crippen LogP contribution in [0.25, 0.3) is 0 Å². The Morgan fingerprint density at radius 1 is 0.762 bits per heavy atom. The van der Waals surface area contributed by atoms with E-state index < -0.39 is 0 Å². The van der Waals surface area contributed by atoms with Crippen LogP contribution in [-0.2, 0) is 6.42 Å². The summed E-state index contributed by atoms with van der Waals surface area (Å²) in [5.74, 6) is 1.60. The fraction of sp³-hybridized carbons (Fsp3) is 0.400. The quantitative estimate of drug-likeness (QED) is 0.616. The van der Waals surface area contributed by atoms with Gasteiger partial charge in [-0.05, 0) is 54.4 Å². The minimum absolute atomic E-state index is 0.720. The van der Waals surface area contributed by atoms with Crippen LogP contribution in [0.5, 0.6) is 0 Å². The largest absolute Gasteiger partial charge is 0.0895 e. The SMILES string of the molecule is c1ccc2c(c1)CC(C1CCCCC1)c1ccccc1S2. The molecule has 0 nitrogen and oxygen atoms in total. The molecule has 1 fully saturated rings. The third-order valence-corrected chi connectivity index (χ3v) is 6.38. The molecular weight excluding hydrogens is 272 g/mol. The summed E-state index contributed by atoms with van der Waals surface area (Å²) in [6.45, 7) is 0. The smallest absolute Gasteiger partial charge is 0.0157 e. The van der Waals surface area contributed by atoms with Gasteiger partial charge < -0.3 is 0 Å². The summed E-state index contributed by atoms with van der Waals surface area (Å²) >= 11 is 1.97. The molecule has 2 aromatic carbocycles. The van der Waals surface area contributed by atoms with E-state index in [9.17, 15) is 0 Å². The summed E-state index contributed by atoms with van der Waals surface area (Å²) in [7, 11) is 0. The van der Waals surface area contributed by atoms with Gasteiger partial charge in [0.2, 0.25) is 0 Å². The van der Waals surface area contributed by atoms with Crippen LogP contribution < -0.4 is 0 Å². The van der Waals surface area contributed by atoms with Crippen molar-refractivity contribution in [3.63, 3.8) is 0 Å². The van der Waals surface area contributed by atoms with Gasteiger partial charge >= 0.3 is 0 Å². The Morgan fingerprint density at radius 2 is 1.48 bits per heavy atom. The van der Waals surface area contributed by atoms with E-state index in [-0.39, 0.29) is 0 Å². The molecule has 108 valence electrons. The first-order valence-electron chi connectivity index (χ1n) is 8.26. The summed E-state index contributed by atoms with van der Waals surface area (Å²) in [5.41, 5.74) is 3.15. The van der Waals surface area contributed by atoms with Gasteiger partial charge in [0.25, 0.3) is 0 Å². The molecule has 1 heteroatoms. The number of hydrogen-bond donors (Lipinski definition) is 0. The molecule has 0 spiro atoms. The Labute approximate surface area is 132 Å². The lowest BCUT2D eigenvalue weighted by Gasteiger charge is -2.31. The van der Waals surface area contributed by atoms with Gasteiger partial charge in [-0.25, -0.2) is 0 Å². The van der Waals surface area contributed by atoms with Crippen molar-refractivity contribution >= 4 is 11.8 Å². The molecule has 2 aliphatic rings. The number of rotatable bonds is 1. The Hall–Kier alpha value is -1.21. The van der Waals surface area contributed by atoms with E-state index in [0.717, 1.165) is 11.8 Å². The molecular formula is C20H22S. The normalized spacial score (nSPS) is 22.2. The van der Waals surface area contributed by atoms with Crippen LogP contribution in [-0.4, -0.2) is 0 Å². The molecule has 1 aliphatic carbocycles.